The lowest BCUT2D eigenvalue weighted by Crippen LogP contribution is -2.28. The summed E-state index contributed by atoms with van der Waals surface area (Å²) < 4.78 is 5.66. The predicted octanol–water partition coefficient (Wildman–Crippen LogP) is 3.77. The molecule has 0 aliphatic rings. The highest BCUT2D eigenvalue weighted by atomic mass is 35.5. The van der Waals surface area contributed by atoms with Gasteiger partial charge in [0.15, 0.2) is 0 Å². The van der Waals surface area contributed by atoms with E-state index in [0.29, 0.717) is 23.7 Å². The monoisotopic (exact) mass is 303 g/mol. The van der Waals surface area contributed by atoms with Gasteiger partial charge in [-0.1, -0.05) is 41.4 Å². The van der Waals surface area contributed by atoms with E-state index in [1.807, 2.05) is 26.0 Å². The maximum absolute atomic E-state index is 11.9. The summed E-state index contributed by atoms with van der Waals surface area (Å²) in [6.45, 7) is 4.89. The molecule has 0 heterocycles. The van der Waals surface area contributed by atoms with Crippen molar-refractivity contribution in [3.05, 3.63) is 64.2 Å². The minimum absolute atomic E-state index is 0.190. The van der Waals surface area contributed by atoms with E-state index >= 15 is 0 Å². The first-order valence-corrected chi connectivity index (χ1v) is 7.18. The van der Waals surface area contributed by atoms with Gasteiger partial charge in [0.1, 0.15) is 12.4 Å². The molecule has 0 spiro atoms. The van der Waals surface area contributed by atoms with Gasteiger partial charge in [-0.25, -0.2) is 0 Å². The molecule has 1 N–H and O–H groups in total. The molecule has 0 saturated carbocycles. The van der Waals surface area contributed by atoms with Crippen molar-refractivity contribution in [2.45, 2.75) is 13.8 Å². The third kappa shape index (κ3) is 4.23. The fourth-order valence-electron chi connectivity index (χ4n) is 2.03. The molecule has 2 aromatic carbocycles. The number of hydrogen-bond donors (Lipinski definition) is 1. The highest BCUT2D eigenvalue weighted by molar-refractivity contribution is 6.33. The summed E-state index contributed by atoms with van der Waals surface area (Å²) in [5.41, 5.74) is 2.77. The van der Waals surface area contributed by atoms with Gasteiger partial charge in [0, 0.05) is 0 Å². The quantitative estimate of drug-likeness (QED) is 0.854. The first kappa shape index (κ1) is 15.4. The molecule has 2 rings (SSSR count). The zero-order valence-electron chi connectivity index (χ0n) is 12.2. The van der Waals surface area contributed by atoms with Crippen molar-refractivity contribution in [3.8, 4) is 5.75 Å². The lowest BCUT2D eigenvalue weighted by atomic mass is 10.1. The topological polar surface area (TPSA) is 38.3 Å². The predicted molar refractivity (Wildman–Crippen MR) is 85.2 cm³/mol. The summed E-state index contributed by atoms with van der Waals surface area (Å²) >= 11 is 5.97. The first-order valence-electron chi connectivity index (χ1n) is 6.80. The molecular weight excluding hydrogens is 286 g/mol. The molecule has 0 atom stereocenters. The minimum Gasteiger partial charge on any atom is -0.491 e. The highest BCUT2D eigenvalue weighted by Gasteiger charge is 2.08. The molecule has 0 unspecified atom stereocenters. The standard InChI is InChI=1S/C17H18ClNO2/c1-12-7-8-16(13(2)11-12)21-10-9-19-17(20)14-5-3-4-6-15(14)18/h3-8,11H,9-10H2,1-2H3,(H,19,20). The van der Waals surface area contributed by atoms with E-state index in [-0.39, 0.29) is 5.91 Å². The van der Waals surface area contributed by atoms with Crippen molar-refractivity contribution in [2.24, 2.45) is 0 Å². The maximum atomic E-state index is 11.9. The third-order valence-electron chi connectivity index (χ3n) is 3.09. The molecule has 0 radical (unpaired) electrons. The second-order valence-corrected chi connectivity index (χ2v) is 5.26. The van der Waals surface area contributed by atoms with E-state index in [9.17, 15) is 4.79 Å². The fraction of sp³-hybridized carbons (Fsp3) is 0.235. The summed E-state index contributed by atoms with van der Waals surface area (Å²) in [7, 11) is 0. The molecule has 0 aliphatic heterocycles. The third-order valence-corrected chi connectivity index (χ3v) is 3.42. The van der Waals surface area contributed by atoms with Gasteiger partial charge >= 0.3 is 0 Å². The van der Waals surface area contributed by atoms with Gasteiger partial charge in [-0.3, -0.25) is 4.79 Å². The second-order valence-electron chi connectivity index (χ2n) is 4.85. The van der Waals surface area contributed by atoms with Gasteiger partial charge < -0.3 is 10.1 Å². The van der Waals surface area contributed by atoms with Crippen LogP contribution in [0, 0.1) is 13.8 Å². The maximum Gasteiger partial charge on any atom is 0.252 e. The number of amides is 1. The van der Waals surface area contributed by atoms with Crippen molar-refractivity contribution in [1.82, 2.24) is 5.32 Å². The van der Waals surface area contributed by atoms with Crippen LogP contribution in [0.3, 0.4) is 0 Å². The van der Waals surface area contributed by atoms with Crippen LogP contribution in [-0.2, 0) is 0 Å². The number of hydrogen-bond acceptors (Lipinski definition) is 2. The number of ether oxygens (including phenoxy) is 1. The van der Waals surface area contributed by atoms with Gasteiger partial charge in [0.05, 0.1) is 17.1 Å². The van der Waals surface area contributed by atoms with Crippen LogP contribution < -0.4 is 10.1 Å². The van der Waals surface area contributed by atoms with Crippen molar-refractivity contribution >= 4 is 17.5 Å². The first-order chi connectivity index (χ1) is 10.1. The van der Waals surface area contributed by atoms with Crippen LogP contribution in [-0.4, -0.2) is 19.1 Å². The van der Waals surface area contributed by atoms with Crippen LogP contribution in [0.15, 0.2) is 42.5 Å². The van der Waals surface area contributed by atoms with E-state index in [0.717, 1.165) is 11.3 Å². The lowest BCUT2D eigenvalue weighted by Gasteiger charge is -2.11. The summed E-state index contributed by atoms with van der Waals surface area (Å²) in [5.74, 6) is 0.650. The van der Waals surface area contributed by atoms with Crippen LogP contribution in [0.5, 0.6) is 5.75 Å². The van der Waals surface area contributed by atoms with Crippen molar-refractivity contribution < 1.29 is 9.53 Å². The number of aryl methyl sites for hydroxylation is 2. The average Bonchev–Trinajstić information content (AvgIpc) is 2.45. The van der Waals surface area contributed by atoms with Crippen LogP contribution >= 0.6 is 11.6 Å². The smallest absolute Gasteiger partial charge is 0.252 e. The lowest BCUT2D eigenvalue weighted by molar-refractivity contribution is 0.0947. The summed E-state index contributed by atoms with van der Waals surface area (Å²) in [6.07, 6.45) is 0. The Labute approximate surface area is 129 Å². The van der Waals surface area contributed by atoms with E-state index in [2.05, 4.69) is 11.4 Å². The second kappa shape index (κ2) is 7.14. The zero-order chi connectivity index (χ0) is 15.2. The SMILES string of the molecule is Cc1ccc(OCCNC(=O)c2ccccc2Cl)c(C)c1. The number of carbonyl (C=O) groups is 1. The molecular formula is C17H18ClNO2. The Bertz CT molecular complexity index is 640. The molecule has 0 saturated heterocycles. The Morgan fingerprint density at radius 3 is 2.67 bits per heavy atom. The van der Waals surface area contributed by atoms with Gasteiger partial charge in [-0.05, 0) is 37.6 Å². The van der Waals surface area contributed by atoms with Crippen LogP contribution in [0.2, 0.25) is 5.02 Å². The van der Waals surface area contributed by atoms with E-state index in [1.165, 1.54) is 5.56 Å². The van der Waals surface area contributed by atoms with E-state index in [1.54, 1.807) is 24.3 Å². The summed E-state index contributed by atoms with van der Waals surface area (Å²) in [4.78, 5) is 11.9. The Balaban J connectivity index is 1.82. The van der Waals surface area contributed by atoms with E-state index < -0.39 is 0 Å². The Kier molecular flexibility index (Phi) is 5.23. The van der Waals surface area contributed by atoms with Gasteiger partial charge in [0.2, 0.25) is 0 Å². The zero-order valence-corrected chi connectivity index (χ0v) is 12.9. The molecule has 0 aliphatic carbocycles. The number of carbonyl (C=O) groups excluding carboxylic acids is 1. The van der Waals surface area contributed by atoms with Crippen LogP contribution in [0.1, 0.15) is 21.5 Å². The van der Waals surface area contributed by atoms with Gasteiger partial charge in [0.25, 0.3) is 5.91 Å². The van der Waals surface area contributed by atoms with Crippen LogP contribution in [0.4, 0.5) is 0 Å². The molecule has 2 aromatic rings. The number of halogens is 1. The Morgan fingerprint density at radius 2 is 1.95 bits per heavy atom. The fourth-order valence-corrected chi connectivity index (χ4v) is 2.25. The number of nitrogens with one attached hydrogen (secondary N) is 1. The molecule has 0 bridgehead atoms. The van der Waals surface area contributed by atoms with Crippen molar-refractivity contribution in [3.63, 3.8) is 0 Å². The van der Waals surface area contributed by atoms with Crippen molar-refractivity contribution in [1.29, 1.82) is 0 Å². The summed E-state index contributed by atoms with van der Waals surface area (Å²) in [6, 6.07) is 13.0. The normalized spacial score (nSPS) is 10.2. The number of benzene rings is 2. The molecule has 0 aromatic heterocycles. The molecule has 3 nitrogen and oxygen atoms in total. The molecule has 1 amide bonds. The molecule has 21 heavy (non-hydrogen) atoms. The van der Waals surface area contributed by atoms with Crippen molar-refractivity contribution in [2.75, 3.05) is 13.2 Å². The number of rotatable bonds is 5. The van der Waals surface area contributed by atoms with Crippen LogP contribution in [0.25, 0.3) is 0 Å². The van der Waals surface area contributed by atoms with E-state index in [4.69, 9.17) is 16.3 Å². The average molecular weight is 304 g/mol. The molecule has 4 heteroatoms. The van der Waals surface area contributed by atoms with Gasteiger partial charge in [-0.2, -0.15) is 0 Å². The molecule has 110 valence electrons. The largest absolute Gasteiger partial charge is 0.491 e. The Morgan fingerprint density at radius 1 is 1.19 bits per heavy atom. The molecule has 0 fully saturated rings. The van der Waals surface area contributed by atoms with Gasteiger partial charge in [-0.15, -0.1) is 0 Å². The highest BCUT2D eigenvalue weighted by Crippen LogP contribution is 2.18. The summed E-state index contributed by atoms with van der Waals surface area (Å²) in [5, 5.41) is 3.24. The minimum atomic E-state index is -0.190. The Hall–Kier alpha value is -2.00.